The first-order valence-corrected chi connectivity index (χ1v) is 13.5. The molecule has 2 aliphatic rings. The lowest BCUT2D eigenvalue weighted by atomic mass is 9.85. The number of thioether (sulfide) groups is 1. The molecule has 0 bridgehead atoms. The molecule has 4 rings (SSSR count). The molecule has 14 heteroatoms. The summed E-state index contributed by atoms with van der Waals surface area (Å²) in [5.41, 5.74) is -2.82. The van der Waals surface area contributed by atoms with Crippen LogP contribution in [0.15, 0.2) is 46.8 Å². The number of carbonyl (C=O) groups is 3. The van der Waals surface area contributed by atoms with E-state index in [1.54, 1.807) is 46.0 Å². The molecule has 1 fully saturated rings. The number of sulfone groups is 1. The van der Waals surface area contributed by atoms with E-state index in [0.717, 1.165) is 16.7 Å². The first-order valence-electron chi connectivity index (χ1n) is 10.9. The number of allylic oxidation sites excluding steroid dienone is 1. The Kier molecular flexibility index (Phi) is 6.79. The molecular weight excluding hydrogens is 510 g/mol. The van der Waals surface area contributed by atoms with Gasteiger partial charge >= 0.3 is 5.97 Å². The molecule has 3 heterocycles. The topological polar surface area (TPSA) is 151 Å². The quantitative estimate of drug-likeness (QED) is 0.283. The molecule has 12 nitrogen and oxygen atoms in total. The molecule has 0 radical (unpaired) electrons. The maximum absolute atomic E-state index is 13.8. The highest BCUT2D eigenvalue weighted by atomic mass is 32.2. The molecule has 0 saturated carbocycles. The summed E-state index contributed by atoms with van der Waals surface area (Å²) < 4.78 is 39.6. The van der Waals surface area contributed by atoms with E-state index in [0.29, 0.717) is 5.16 Å². The third-order valence-corrected chi connectivity index (χ3v) is 8.94. The maximum Gasteiger partial charge on any atom is 0.339 e. The second-order valence-corrected chi connectivity index (χ2v) is 12.3. The number of carbonyl (C=O) groups excluding carboxylic acids is 3. The first-order chi connectivity index (χ1) is 16.9. The van der Waals surface area contributed by atoms with Crippen LogP contribution in [0.5, 0.6) is 0 Å². The number of aromatic nitrogens is 4. The molecule has 3 atom stereocenters. The Morgan fingerprint density at radius 3 is 2.39 bits per heavy atom. The highest BCUT2D eigenvalue weighted by Gasteiger charge is 2.64. The summed E-state index contributed by atoms with van der Waals surface area (Å²) in [7, 11) is -1.56. The number of aryl methyl sites for hydroxylation is 1. The van der Waals surface area contributed by atoms with Gasteiger partial charge in [0.05, 0.1) is 11.3 Å². The summed E-state index contributed by atoms with van der Waals surface area (Å²) in [5.74, 6) is -2.15. The highest BCUT2D eigenvalue weighted by Crippen LogP contribution is 2.45. The fourth-order valence-electron chi connectivity index (χ4n) is 3.91. The standard InChI is InChI=1S/C22H25N5O7S2/c1-22(2,3)16(28)14-13(11-35-21-23-24-25-26(21)4)20(34-19(30)12-9-7-6-8-10-12)36(31,32)18-15(33-5)17(29)27(14)18/h6-10,15,18,20H,11H2,1-5H3/t15-,18+,20-/m0/s1. The van der Waals surface area contributed by atoms with Crippen LogP contribution in [-0.2, 0) is 35.9 Å². The van der Waals surface area contributed by atoms with Crippen molar-refractivity contribution in [3.8, 4) is 0 Å². The number of rotatable bonds is 7. The average molecular weight is 536 g/mol. The summed E-state index contributed by atoms with van der Waals surface area (Å²) in [4.78, 5) is 40.5. The molecular formula is C22H25N5O7S2. The third kappa shape index (κ3) is 4.33. The minimum absolute atomic E-state index is 0.0358. The number of tetrazole rings is 1. The van der Waals surface area contributed by atoms with Crippen molar-refractivity contribution in [3.05, 3.63) is 47.2 Å². The molecule has 1 aromatic carbocycles. The number of Topliss-reactive ketones (excluding diaryl/α,β-unsaturated/α-hetero) is 1. The van der Waals surface area contributed by atoms with Crippen LogP contribution in [0.4, 0.5) is 0 Å². The van der Waals surface area contributed by atoms with Crippen molar-refractivity contribution in [1.82, 2.24) is 25.1 Å². The molecule has 192 valence electrons. The highest BCUT2D eigenvalue weighted by molar-refractivity contribution is 7.99. The van der Waals surface area contributed by atoms with Crippen molar-refractivity contribution < 1.29 is 32.3 Å². The van der Waals surface area contributed by atoms with Crippen molar-refractivity contribution in [2.24, 2.45) is 12.5 Å². The molecule has 1 aromatic heterocycles. The monoisotopic (exact) mass is 535 g/mol. The summed E-state index contributed by atoms with van der Waals surface area (Å²) in [6.07, 6.45) is -1.33. The number of ketones is 1. The number of ether oxygens (including phenoxy) is 2. The Hall–Kier alpha value is -3.10. The van der Waals surface area contributed by atoms with Gasteiger partial charge in [-0.05, 0) is 22.6 Å². The van der Waals surface area contributed by atoms with Crippen LogP contribution in [0.3, 0.4) is 0 Å². The van der Waals surface area contributed by atoms with Gasteiger partial charge in [-0.1, -0.05) is 50.7 Å². The second-order valence-electron chi connectivity index (χ2n) is 9.27. The zero-order valence-electron chi connectivity index (χ0n) is 20.2. The zero-order valence-corrected chi connectivity index (χ0v) is 21.9. The van der Waals surface area contributed by atoms with Gasteiger partial charge < -0.3 is 9.47 Å². The van der Waals surface area contributed by atoms with Crippen LogP contribution in [0.1, 0.15) is 31.1 Å². The predicted molar refractivity (Wildman–Crippen MR) is 127 cm³/mol. The van der Waals surface area contributed by atoms with Gasteiger partial charge in [0, 0.05) is 30.9 Å². The Bertz CT molecular complexity index is 1350. The summed E-state index contributed by atoms with van der Waals surface area (Å²) in [5, 5.41) is 10.0. The maximum atomic E-state index is 13.8. The molecule has 1 amide bonds. The largest absolute Gasteiger partial charge is 0.437 e. The van der Waals surface area contributed by atoms with E-state index in [4.69, 9.17) is 9.47 Å². The Labute approximate surface area is 211 Å². The van der Waals surface area contributed by atoms with E-state index in [-0.39, 0.29) is 22.6 Å². The number of hydrogen-bond acceptors (Lipinski definition) is 11. The van der Waals surface area contributed by atoms with Gasteiger partial charge in [-0.15, -0.1) is 5.10 Å². The van der Waals surface area contributed by atoms with Crippen molar-refractivity contribution >= 4 is 39.3 Å². The van der Waals surface area contributed by atoms with Gasteiger partial charge in [0.15, 0.2) is 17.3 Å². The minimum Gasteiger partial charge on any atom is -0.437 e. The second kappa shape index (κ2) is 9.41. The number of benzene rings is 1. The SMILES string of the molecule is CO[C@H]1C(=O)N2C(C(=O)C(C)(C)C)=C(CSc3nnnn3C)[C@@H](OC(=O)c3ccccc3)S(=O)(=O)[C@H]12. The van der Waals surface area contributed by atoms with Crippen LogP contribution >= 0.6 is 11.8 Å². The van der Waals surface area contributed by atoms with Crippen molar-refractivity contribution in [1.29, 1.82) is 0 Å². The molecule has 0 unspecified atom stereocenters. The molecule has 0 N–H and O–H groups in total. The Morgan fingerprint density at radius 1 is 1.17 bits per heavy atom. The number of fused-ring (bicyclic) bond motifs is 1. The molecule has 36 heavy (non-hydrogen) atoms. The lowest BCUT2D eigenvalue weighted by Crippen LogP contribution is -2.72. The van der Waals surface area contributed by atoms with Gasteiger partial charge in [0.2, 0.25) is 20.4 Å². The number of methoxy groups -OCH3 is 1. The van der Waals surface area contributed by atoms with Crippen LogP contribution in [0.2, 0.25) is 0 Å². The van der Waals surface area contributed by atoms with E-state index in [1.165, 1.54) is 23.9 Å². The van der Waals surface area contributed by atoms with E-state index in [9.17, 15) is 22.8 Å². The number of hydrogen-bond donors (Lipinski definition) is 0. The Balaban J connectivity index is 1.88. The lowest BCUT2D eigenvalue weighted by Gasteiger charge is -2.51. The summed E-state index contributed by atoms with van der Waals surface area (Å²) in [6, 6.07) is 7.90. The number of nitrogens with zero attached hydrogens (tertiary/aromatic N) is 5. The van der Waals surface area contributed by atoms with Crippen LogP contribution < -0.4 is 0 Å². The molecule has 0 aliphatic carbocycles. The van der Waals surface area contributed by atoms with E-state index < -0.39 is 49.8 Å². The molecule has 2 aliphatic heterocycles. The summed E-state index contributed by atoms with van der Waals surface area (Å²) in [6.45, 7) is 4.96. The smallest absolute Gasteiger partial charge is 0.339 e. The number of esters is 1. The molecule has 0 spiro atoms. The van der Waals surface area contributed by atoms with Gasteiger partial charge in [-0.2, -0.15) is 0 Å². The average Bonchev–Trinajstić information content (AvgIpc) is 3.23. The molecule has 1 saturated heterocycles. The van der Waals surface area contributed by atoms with Gasteiger partial charge in [0.1, 0.15) is 0 Å². The van der Waals surface area contributed by atoms with Crippen molar-refractivity contribution in [2.75, 3.05) is 12.9 Å². The fraction of sp³-hybridized carbons (Fsp3) is 0.455. The van der Waals surface area contributed by atoms with Gasteiger partial charge in [-0.3, -0.25) is 14.5 Å². The van der Waals surface area contributed by atoms with Gasteiger partial charge in [-0.25, -0.2) is 17.9 Å². The van der Waals surface area contributed by atoms with Crippen LogP contribution in [0, 0.1) is 5.41 Å². The minimum atomic E-state index is -4.37. The third-order valence-electron chi connectivity index (χ3n) is 5.77. The number of β-lactam (4-membered cyclic amide) rings is 1. The van der Waals surface area contributed by atoms with Crippen LogP contribution in [-0.4, -0.2) is 81.0 Å². The van der Waals surface area contributed by atoms with Crippen molar-refractivity contribution in [2.45, 2.75) is 42.8 Å². The normalized spacial score (nSPS) is 23.2. The fourth-order valence-corrected chi connectivity index (χ4v) is 7.05. The summed E-state index contributed by atoms with van der Waals surface area (Å²) >= 11 is 1.05. The van der Waals surface area contributed by atoms with E-state index in [1.807, 2.05) is 0 Å². The molecule has 2 aromatic rings. The van der Waals surface area contributed by atoms with Crippen molar-refractivity contribution in [3.63, 3.8) is 0 Å². The predicted octanol–water partition coefficient (Wildman–Crippen LogP) is 0.966. The van der Waals surface area contributed by atoms with E-state index >= 15 is 0 Å². The van der Waals surface area contributed by atoms with E-state index in [2.05, 4.69) is 15.5 Å². The lowest BCUT2D eigenvalue weighted by molar-refractivity contribution is -0.161. The first kappa shape index (κ1) is 26.0. The Morgan fingerprint density at radius 2 is 1.83 bits per heavy atom. The van der Waals surface area contributed by atoms with Crippen LogP contribution in [0.25, 0.3) is 0 Å². The van der Waals surface area contributed by atoms with Gasteiger partial charge in [0.25, 0.3) is 5.91 Å². The number of amides is 1. The zero-order chi connectivity index (χ0) is 26.4.